The smallest absolute Gasteiger partial charge is 0.193 e. The lowest BCUT2D eigenvalue weighted by Crippen LogP contribution is -2.00. The summed E-state index contributed by atoms with van der Waals surface area (Å²) in [6.07, 6.45) is 3.20. The molecule has 0 atom stereocenters. The number of benzene rings is 2. The lowest BCUT2D eigenvalue weighted by molar-refractivity contribution is 0.103. The molecule has 2 aromatic carbocycles. The van der Waals surface area contributed by atoms with E-state index in [1.807, 2.05) is 62.4 Å². The summed E-state index contributed by atoms with van der Waals surface area (Å²) in [6, 6.07) is 16.7. The molecule has 4 rings (SSSR count). The van der Waals surface area contributed by atoms with E-state index in [1.165, 1.54) is 6.08 Å². The first-order chi connectivity index (χ1) is 13.6. The molecule has 2 aromatic heterocycles. The Labute approximate surface area is 162 Å². The van der Waals surface area contributed by atoms with Gasteiger partial charge in [-0.2, -0.15) is 5.26 Å². The van der Waals surface area contributed by atoms with Crippen LogP contribution in [0.1, 0.15) is 32.9 Å². The van der Waals surface area contributed by atoms with Crippen LogP contribution >= 0.6 is 0 Å². The van der Waals surface area contributed by atoms with Gasteiger partial charge in [0.15, 0.2) is 5.78 Å². The van der Waals surface area contributed by atoms with E-state index in [1.54, 1.807) is 12.1 Å². The van der Waals surface area contributed by atoms with E-state index in [4.69, 9.17) is 10.2 Å². The standard InChI is InChI=1S/C23H18N4O/c1-14-18(9-6-12-24)25-15(2)21(14)23-26-19-11-10-17(13-20(19)27-23)22(28)16-7-4-3-5-8-16/h3-11,13,25H,1-2H3,(H,26,27). The monoisotopic (exact) mass is 366 g/mol. The Morgan fingerprint density at radius 3 is 2.61 bits per heavy atom. The Morgan fingerprint density at radius 2 is 1.86 bits per heavy atom. The van der Waals surface area contributed by atoms with Crippen LogP contribution in [0.4, 0.5) is 0 Å². The Bertz CT molecular complexity index is 1250. The topological polar surface area (TPSA) is 85.3 Å². The number of rotatable bonds is 4. The average Bonchev–Trinajstić information content (AvgIpc) is 3.25. The summed E-state index contributed by atoms with van der Waals surface area (Å²) in [5.41, 5.74) is 6.74. The summed E-state index contributed by atoms with van der Waals surface area (Å²) in [7, 11) is 0. The maximum atomic E-state index is 12.7. The molecule has 28 heavy (non-hydrogen) atoms. The number of allylic oxidation sites excluding steroid dienone is 1. The number of hydrogen-bond donors (Lipinski definition) is 2. The highest BCUT2D eigenvalue weighted by Gasteiger charge is 2.16. The number of aromatic nitrogens is 3. The second-order valence-electron chi connectivity index (χ2n) is 6.64. The molecule has 136 valence electrons. The molecule has 0 amide bonds. The van der Waals surface area contributed by atoms with Crippen molar-refractivity contribution >= 4 is 22.9 Å². The number of aryl methyl sites for hydroxylation is 1. The lowest BCUT2D eigenvalue weighted by atomic mass is 10.0. The van der Waals surface area contributed by atoms with Gasteiger partial charge in [0.2, 0.25) is 0 Å². The minimum absolute atomic E-state index is 0.0171. The first-order valence-electron chi connectivity index (χ1n) is 8.93. The number of imidazole rings is 1. The zero-order valence-electron chi connectivity index (χ0n) is 15.6. The van der Waals surface area contributed by atoms with Crippen LogP contribution in [0.25, 0.3) is 28.5 Å². The minimum Gasteiger partial charge on any atom is -0.358 e. The predicted octanol–water partition coefficient (Wildman–Crippen LogP) is 4.94. The molecule has 0 radical (unpaired) electrons. The third kappa shape index (κ3) is 3.01. The van der Waals surface area contributed by atoms with Gasteiger partial charge >= 0.3 is 0 Å². The van der Waals surface area contributed by atoms with Crippen LogP contribution in [0, 0.1) is 25.2 Å². The van der Waals surface area contributed by atoms with Gasteiger partial charge in [-0.25, -0.2) is 4.98 Å². The Hall–Kier alpha value is -3.91. The molecule has 0 fully saturated rings. The zero-order chi connectivity index (χ0) is 19.7. The third-order valence-electron chi connectivity index (χ3n) is 4.82. The molecule has 0 unspecified atom stereocenters. The van der Waals surface area contributed by atoms with Gasteiger partial charge in [0.1, 0.15) is 5.82 Å². The van der Waals surface area contributed by atoms with Gasteiger partial charge in [0, 0.05) is 34.2 Å². The van der Waals surface area contributed by atoms with Gasteiger partial charge in [-0.05, 0) is 43.7 Å². The van der Waals surface area contributed by atoms with Crippen molar-refractivity contribution < 1.29 is 4.79 Å². The lowest BCUT2D eigenvalue weighted by Gasteiger charge is -2.00. The molecule has 2 heterocycles. The zero-order valence-corrected chi connectivity index (χ0v) is 15.6. The summed E-state index contributed by atoms with van der Waals surface area (Å²) in [5, 5.41) is 8.76. The van der Waals surface area contributed by atoms with Crippen molar-refractivity contribution in [3.8, 4) is 17.5 Å². The second kappa shape index (κ2) is 7.01. The third-order valence-corrected chi connectivity index (χ3v) is 4.82. The maximum Gasteiger partial charge on any atom is 0.193 e. The highest BCUT2D eigenvalue weighted by atomic mass is 16.1. The largest absolute Gasteiger partial charge is 0.358 e. The molecular formula is C23H18N4O. The number of aromatic amines is 2. The van der Waals surface area contributed by atoms with Crippen LogP contribution in [0.3, 0.4) is 0 Å². The summed E-state index contributed by atoms with van der Waals surface area (Å²) < 4.78 is 0. The molecule has 0 saturated carbocycles. The molecule has 4 aromatic rings. The van der Waals surface area contributed by atoms with Gasteiger partial charge in [0.25, 0.3) is 0 Å². The van der Waals surface area contributed by atoms with Crippen LogP contribution < -0.4 is 0 Å². The predicted molar refractivity (Wildman–Crippen MR) is 110 cm³/mol. The molecule has 5 nitrogen and oxygen atoms in total. The minimum atomic E-state index is -0.0171. The molecule has 0 aliphatic carbocycles. The number of carbonyl (C=O) groups excluding carboxylic acids is 1. The Balaban J connectivity index is 1.76. The molecule has 2 N–H and O–H groups in total. The van der Waals surface area contributed by atoms with E-state index in [9.17, 15) is 4.79 Å². The van der Waals surface area contributed by atoms with Gasteiger partial charge in [-0.3, -0.25) is 4.79 Å². The number of H-pyrrole nitrogens is 2. The molecule has 0 aliphatic rings. The Kier molecular flexibility index (Phi) is 4.38. The van der Waals surface area contributed by atoms with Gasteiger partial charge in [-0.15, -0.1) is 0 Å². The first-order valence-corrected chi connectivity index (χ1v) is 8.93. The number of nitrogens with one attached hydrogen (secondary N) is 2. The number of ketones is 1. The molecule has 0 saturated heterocycles. The molecule has 0 spiro atoms. The van der Waals surface area contributed by atoms with E-state index >= 15 is 0 Å². The van der Waals surface area contributed by atoms with E-state index in [0.29, 0.717) is 11.1 Å². The number of nitriles is 1. The van der Waals surface area contributed by atoms with E-state index < -0.39 is 0 Å². The van der Waals surface area contributed by atoms with Crippen LogP contribution in [0.2, 0.25) is 0 Å². The molecular weight excluding hydrogens is 348 g/mol. The number of carbonyl (C=O) groups is 1. The highest BCUT2D eigenvalue weighted by molar-refractivity contribution is 6.10. The summed E-state index contributed by atoms with van der Waals surface area (Å²) in [6.45, 7) is 3.97. The van der Waals surface area contributed by atoms with E-state index in [-0.39, 0.29) is 5.78 Å². The van der Waals surface area contributed by atoms with Crippen molar-refractivity contribution in [1.82, 2.24) is 15.0 Å². The summed E-state index contributed by atoms with van der Waals surface area (Å²) >= 11 is 0. The van der Waals surface area contributed by atoms with Crippen molar-refractivity contribution in [3.05, 3.63) is 82.7 Å². The van der Waals surface area contributed by atoms with Crippen molar-refractivity contribution in [1.29, 1.82) is 5.26 Å². The van der Waals surface area contributed by atoms with Crippen LogP contribution in [0.15, 0.2) is 54.6 Å². The molecule has 5 heteroatoms. The number of hydrogen-bond acceptors (Lipinski definition) is 3. The summed E-state index contributed by atoms with van der Waals surface area (Å²) in [5.74, 6) is 0.721. The normalized spacial score (nSPS) is 11.2. The SMILES string of the molecule is Cc1[nH]c(C=CC#N)c(C)c1-c1nc2ccc(C(=O)c3ccccc3)cc2[nH]1. The van der Waals surface area contributed by atoms with Crippen LogP contribution in [-0.2, 0) is 0 Å². The highest BCUT2D eigenvalue weighted by Crippen LogP contribution is 2.30. The van der Waals surface area contributed by atoms with Gasteiger partial charge < -0.3 is 9.97 Å². The first kappa shape index (κ1) is 17.5. The van der Waals surface area contributed by atoms with Gasteiger partial charge in [0.05, 0.1) is 17.1 Å². The summed E-state index contributed by atoms with van der Waals surface area (Å²) in [4.78, 5) is 24.0. The molecule has 0 aliphatic heterocycles. The fourth-order valence-electron chi connectivity index (χ4n) is 3.44. The van der Waals surface area contributed by atoms with E-state index in [2.05, 4.69) is 9.97 Å². The molecule has 0 bridgehead atoms. The van der Waals surface area contributed by atoms with Crippen LogP contribution in [-0.4, -0.2) is 20.7 Å². The number of nitrogens with zero attached hydrogens (tertiary/aromatic N) is 2. The quantitative estimate of drug-likeness (QED) is 0.396. The maximum absolute atomic E-state index is 12.7. The van der Waals surface area contributed by atoms with Crippen molar-refractivity contribution in [2.45, 2.75) is 13.8 Å². The fourth-order valence-corrected chi connectivity index (χ4v) is 3.44. The van der Waals surface area contributed by atoms with Crippen molar-refractivity contribution in [2.24, 2.45) is 0 Å². The van der Waals surface area contributed by atoms with Crippen molar-refractivity contribution in [3.63, 3.8) is 0 Å². The van der Waals surface area contributed by atoms with Crippen LogP contribution in [0.5, 0.6) is 0 Å². The van der Waals surface area contributed by atoms with Gasteiger partial charge in [-0.1, -0.05) is 30.3 Å². The number of fused-ring (bicyclic) bond motifs is 1. The fraction of sp³-hybridized carbons (Fsp3) is 0.0870. The van der Waals surface area contributed by atoms with E-state index in [0.717, 1.165) is 39.4 Å². The average molecular weight is 366 g/mol. The Morgan fingerprint density at radius 1 is 1.07 bits per heavy atom. The second-order valence-corrected chi connectivity index (χ2v) is 6.64. The van der Waals surface area contributed by atoms with Crippen molar-refractivity contribution in [2.75, 3.05) is 0 Å².